The van der Waals surface area contributed by atoms with Crippen LogP contribution < -0.4 is 10.1 Å². The van der Waals surface area contributed by atoms with Crippen molar-refractivity contribution in [2.45, 2.75) is 6.54 Å². The fraction of sp³-hybridized carbons (Fsp3) is 0.200. The third kappa shape index (κ3) is 2.53. The summed E-state index contributed by atoms with van der Waals surface area (Å²) in [6, 6.07) is 11.3. The van der Waals surface area contributed by atoms with E-state index in [0.29, 0.717) is 23.9 Å². The number of ether oxygens (including phenoxy) is 1. The summed E-state index contributed by atoms with van der Waals surface area (Å²) in [7, 11) is 0. The van der Waals surface area contributed by atoms with Crippen LogP contribution in [0.2, 0.25) is 5.02 Å². The van der Waals surface area contributed by atoms with Crippen LogP contribution in [0.25, 0.3) is 11.1 Å². The Morgan fingerprint density at radius 1 is 1.16 bits per heavy atom. The third-order valence-corrected chi connectivity index (χ3v) is 3.38. The molecule has 0 aliphatic carbocycles. The first-order chi connectivity index (χ1) is 9.24. The van der Waals surface area contributed by atoms with Gasteiger partial charge in [0.2, 0.25) is 0 Å². The third-order valence-electron chi connectivity index (χ3n) is 3.14. The van der Waals surface area contributed by atoms with Crippen LogP contribution in [0.5, 0.6) is 11.5 Å². The Morgan fingerprint density at radius 2 is 2.05 bits per heavy atom. The number of hydrogen-bond acceptors (Lipinski definition) is 3. The van der Waals surface area contributed by atoms with Gasteiger partial charge in [-0.1, -0.05) is 23.7 Å². The Morgan fingerprint density at radius 3 is 2.89 bits per heavy atom. The summed E-state index contributed by atoms with van der Waals surface area (Å²) in [6.07, 6.45) is 0. The van der Waals surface area contributed by atoms with Gasteiger partial charge >= 0.3 is 0 Å². The number of nitrogens with one attached hydrogen (secondary N) is 1. The van der Waals surface area contributed by atoms with E-state index in [1.165, 1.54) is 0 Å². The minimum Gasteiger partial charge on any atom is -0.504 e. The summed E-state index contributed by atoms with van der Waals surface area (Å²) < 4.78 is 5.56. The largest absolute Gasteiger partial charge is 0.504 e. The lowest BCUT2D eigenvalue weighted by atomic mass is 10.0. The van der Waals surface area contributed by atoms with E-state index < -0.39 is 0 Å². The number of phenols is 1. The summed E-state index contributed by atoms with van der Waals surface area (Å²) in [5.41, 5.74) is 2.88. The molecule has 2 N–H and O–H groups in total. The van der Waals surface area contributed by atoms with Gasteiger partial charge in [0.1, 0.15) is 6.61 Å². The zero-order valence-corrected chi connectivity index (χ0v) is 11.1. The first-order valence-corrected chi connectivity index (χ1v) is 6.57. The first-order valence-electron chi connectivity index (χ1n) is 6.19. The zero-order valence-electron chi connectivity index (χ0n) is 10.3. The number of phenolic OH excluding ortho intramolecular Hbond substituents is 1. The number of fused-ring (bicyclic) bond motifs is 1. The molecule has 0 amide bonds. The van der Waals surface area contributed by atoms with Crippen molar-refractivity contribution in [2.24, 2.45) is 0 Å². The maximum absolute atomic E-state index is 10.1. The van der Waals surface area contributed by atoms with Crippen molar-refractivity contribution in [1.82, 2.24) is 5.32 Å². The van der Waals surface area contributed by atoms with Crippen molar-refractivity contribution in [1.29, 1.82) is 0 Å². The highest BCUT2D eigenvalue weighted by Crippen LogP contribution is 2.36. The lowest BCUT2D eigenvalue weighted by molar-refractivity contribution is 0.307. The van der Waals surface area contributed by atoms with Gasteiger partial charge < -0.3 is 15.2 Å². The van der Waals surface area contributed by atoms with Crippen molar-refractivity contribution < 1.29 is 9.84 Å². The second-order valence-electron chi connectivity index (χ2n) is 4.52. The molecule has 2 aromatic carbocycles. The molecule has 0 bridgehead atoms. The molecule has 1 heterocycles. The van der Waals surface area contributed by atoms with Crippen LogP contribution in [-0.4, -0.2) is 18.3 Å². The summed E-state index contributed by atoms with van der Waals surface area (Å²) >= 11 is 6.00. The molecular formula is C15H14ClNO2. The topological polar surface area (TPSA) is 41.5 Å². The van der Waals surface area contributed by atoms with Gasteiger partial charge in [0, 0.05) is 23.7 Å². The number of rotatable bonds is 1. The van der Waals surface area contributed by atoms with Crippen molar-refractivity contribution in [2.75, 3.05) is 13.2 Å². The minimum absolute atomic E-state index is 0.177. The van der Waals surface area contributed by atoms with E-state index in [9.17, 15) is 5.11 Å². The summed E-state index contributed by atoms with van der Waals surface area (Å²) in [5.74, 6) is 0.756. The molecule has 1 aliphatic heterocycles. The molecule has 3 nitrogen and oxygen atoms in total. The van der Waals surface area contributed by atoms with Crippen LogP contribution in [0.4, 0.5) is 0 Å². The van der Waals surface area contributed by atoms with Gasteiger partial charge in [0.15, 0.2) is 11.5 Å². The van der Waals surface area contributed by atoms with Gasteiger partial charge in [-0.2, -0.15) is 0 Å². The smallest absolute Gasteiger partial charge is 0.165 e. The van der Waals surface area contributed by atoms with E-state index in [2.05, 4.69) is 5.32 Å². The molecule has 0 radical (unpaired) electrons. The highest BCUT2D eigenvalue weighted by Gasteiger charge is 2.15. The van der Waals surface area contributed by atoms with Gasteiger partial charge in [-0.3, -0.25) is 0 Å². The van der Waals surface area contributed by atoms with Crippen molar-refractivity contribution in [3.63, 3.8) is 0 Å². The summed E-state index contributed by atoms with van der Waals surface area (Å²) in [5, 5.41) is 14.0. The van der Waals surface area contributed by atoms with Gasteiger partial charge in [-0.05, 0) is 35.4 Å². The van der Waals surface area contributed by atoms with Crippen LogP contribution in [0.15, 0.2) is 36.4 Å². The maximum atomic E-state index is 10.1. The number of hydrogen-bond donors (Lipinski definition) is 2. The molecular weight excluding hydrogens is 262 g/mol. The molecule has 0 aromatic heterocycles. The Bertz CT molecular complexity index is 613. The van der Waals surface area contributed by atoms with Gasteiger partial charge in [-0.25, -0.2) is 0 Å². The molecule has 4 heteroatoms. The van der Waals surface area contributed by atoms with Crippen LogP contribution in [0.3, 0.4) is 0 Å². The van der Waals surface area contributed by atoms with Gasteiger partial charge in [0.25, 0.3) is 0 Å². The van der Waals surface area contributed by atoms with E-state index in [-0.39, 0.29) is 5.75 Å². The van der Waals surface area contributed by atoms with Crippen LogP contribution in [0.1, 0.15) is 5.56 Å². The number of halogens is 1. The number of benzene rings is 2. The van der Waals surface area contributed by atoms with Crippen molar-refractivity contribution in [3.8, 4) is 22.6 Å². The SMILES string of the molecule is Oc1cc(-c2cccc(Cl)c2)cc2c1OCCNC2. The normalized spacial score (nSPS) is 14.4. The average Bonchev–Trinajstić information content (AvgIpc) is 2.64. The molecule has 98 valence electrons. The maximum Gasteiger partial charge on any atom is 0.165 e. The Balaban J connectivity index is 2.09. The monoisotopic (exact) mass is 275 g/mol. The molecule has 0 fully saturated rings. The predicted octanol–water partition coefficient (Wildman–Crippen LogP) is 3.19. The molecule has 0 unspecified atom stereocenters. The fourth-order valence-corrected chi connectivity index (χ4v) is 2.44. The highest BCUT2D eigenvalue weighted by atomic mass is 35.5. The quantitative estimate of drug-likeness (QED) is 0.840. The lowest BCUT2D eigenvalue weighted by Gasteiger charge is -2.11. The molecule has 2 aromatic rings. The Hall–Kier alpha value is -1.71. The fourth-order valence-electron chi connectivity index (χ4n) is 2.25. The molecule has 1 aliphatic rings. The average molecular weight is 276 g/mol. The molecule has 0 saturated carbocycles. The lowest BCUT2D eigenvalue weighted by Crippen LogP contribution is -2.16. The number of aromatic hydroxyl groups is 1. The summed E-state index contributed by atoms with van der Waals surface area (Å²) in [4.78, 5) is 0. The van der Waals surface area contributed by atoms with Crippen molar-refractivity contribution in [3.05, 3.63) is 47.0 Å². The van der Waals surface area contributed by atoms with Gasteiger partial charge in [0.05, 0.1) is 0 Å². The van der Waals surface area contributed by atoms with E-state index in [1.807, 2.05) is 30.3 Å². The minimum atomic E-state index is 0.177. The molecule has 0 spiro atoms. The summed E-state index contributed by atoms with van der Waals surface area (Å²) in [6.45, 7) is 2.04. The second kappa shape index (κ2) is 5.11. The second-order valence-corrected chi connectivity index (χ2v) is 4.96. The zero-order chi connectivity index (χ0) is 13.2. The van der Waals surface area contributed by atoms with Crippen LogP contribution >= 0.6 is 11.6 Å². The predicted molar refractivity (Wildman–Crippen MR) is 75.8 cm³/mol. The molecule has 19 heavy (non-hydrogen) atoms. The molecule has 0 atom stereocenters. The van der Waals surface area contributed by atoms with Gasteiger partial charge in [-0.15, -0.1) is 0 Å². The van der Waals surface area contributed by atoms with Crippen LogP contribution in [0, 0.1) is 0 Å². The molecule has 3 rings (SSSR count). The Labute approximate surface area is 116 Å². The van der Waals surface area contributed by atoms with Crippen LogP contribution in [-0.2, 0) is 6.54 Å². The van der Waals surface area contributed by atoms with E-state index in [4.69, 9.17) is 16.3 Å². The highest BCUT2D eigenvalue weighted by molar-refractivity contribution is 6.30. The molecule has 0 saturated heterocycles. The standard InChI is InChI=1S/C15H14ClNO2/c16-13-3-1-2-10(7-13)11-6-12-9-17-4-5-19-15(12)14(18)8-11/h1-3,6-8,17-18H,4-5,9H2. The van der Waals surface area contributed by atoms with Crippen molar-refractivity contribution >= 4 is 11.6 Å². The Kier molecular flexibility index (Phi) is 3.32. The van der Waals surface area contributed by atoms with E-state index >= 15 is 0 Å². The van der Waals surface area contributed by atoms with E-state index in [0.717, 1.165) is 23.2 Å². The van der Waals surface area contributed by atoms with E-state index in [1.54, 1.807) is 6.07 Å². The first kappa shape index (κ1) is 12.3.